The first-order chi connectivity index (χ1) is 12.0. The van der Waals surface area contributed by atoms with Crippen LogP contribution in [0.4, 0.5) is 4.39 Å². The van der Waals surface area contributed by atoms with Gasteiger partial charge in [0.15, 0.2) is 0 Å². The third-order valence-corrected chi connectivity index (χ3v) is 5.21. The van der Waals surface area contributed by atoms with E-state index in [9.17, 15) is 19.1 Å². The van der Waals surface area contributed by atoms with Crippen LogP contribution in [0, 0.1) is 5.82 Å². The van der Waals surface area contributed by atoms with E-state index in [1.807, 2.05) is 0 Å². The summed E-state index contributed by atoms with van der Waals surface area (Å²) >= 11 is 0. The average Bonchev–Trinajstić information content (AvgIpc) is 2.89. The Morgan fingerprint density at radius 2 is 1.72 bits per heavy atom. The van der Waals surface area contributed by atoms with Crippen molar-refractivity contribution >= 4 is 11.8 Å². The predicted octanol–water partition coefficient (Wildman–Crippen LogP) is 1.73. The number of benzene rings is 1. The van der Waals surface area contributed by atoms with Crippen LogP contribution in [0.1, 0.15) is 37.7 Å². The fourth-order valence-electron chi connectivity index (χ4n) is 3.77. The summed E-state index contributed by atoms with van der Waals surface area (Å²) in [5.41, 5.74) is -0.553. The van der Waals surface area contributed by atoms with Crippen LogP contribution in [0.3, 0.4) is 0 Å². The highest BCUT2D eigenvalue weighted by Gasteiger charge is 2.41. The van der Waals surface area contributed by atoms with Gasteiger partial charge < -0.3 is 14.9 Å². The van der Waals surface area contributed by atoms with Crippen molar-refractivity contribution in [3.8, 4) is 0 Å². The molecule has 1 aromatic carbocycles. The number of hydrogen-bond donors (Lipinski definition) is 1. The lowest BCUT2D eigenvalue weighted by molar-refractivity contribution is -0.150. The normalized spacial score (nSPS) is 20.4. The van der Waals surface area contributed by atoms with Gasteiger partial charge in [-0.05, 0) is 49.8 Å². The number of amides is 2. The maximum atomic E-state index is 13.3. The Bertz CT molecular complexity index is 643. The number of nitrogens with zero attached hydrogens (tertiary/aromatic N) is 2. The summed E-state index contributed by atoms with van der Waals surface area (Å²) in [6.45, 7) is 2.03. The molecule has 1 saturated heterocycles. The molecule has 1 aliphatic carbocycles. The summed E-state index contributed by atoms with van der Waals surface area (Å²) in [6.07, 6.45) is 3.68. The van der Waals surface area contributed by atoms with Crippen LogP contribution in [0.5, 0.6) is 0 Å². The molecule has 0 bridgehead atoms. The van der Waals surface area contributed by atoms with Gasteiger partial charge in [-0.15, -0.1) is 0 Å². The highest BCUT2D eigenvalue weighted by molar-refractivity contribution is 5.85. The lowest BCUT2D eigenvalue weighted by atomic mass is 10.0. The molecule has 5 nitrogen and oxygen atoms in total. The van der Waals surface area contributed by atoms with Crippen molar-refractivity contribution in [2.75, 3.05) is 26.2 Å². The SMILES string of the molecule is O=C(Cc1cccc(F)c1)N1CCCN(C(=O)C2(O)CCCC2)CC1. The van der Waals surface area contributed by atoms with Gasteiger partial charge in [-0.25, -0.2) is 4.39 Å². The monoisotopic (exact) mass is 348 g/mol. The zero-order valence-electron chi connectivity index (χ0n) is 14.4. The van der Waals surface area contributed by atoms with Gasteiger partial charge in [-0.1, -0.05) is 12.1 Å². The lowest BCUT2D eigenvalue weighted by Crippen LogP contribution is -2.48. The van der Waals surface area contributed by atoms with E-state index in [1.54, 1.807) is 21.9 Å². The van der Waals surface area contributed by atoms with Crippen molar-refractivity contribution < 1.29 is 19.1 Å². The van der Waals surface area contributed by atoms with Gasteiger partial charge in [-0.2, -0.15) is 0 Å². The Kier molecular flexibility index (Phi) is 5.37. The summed E-state index contributed by atoms with van der Waals surface area (Å²) in [5.74, 6) is -0.591. The van der Waals surface area contributed by atoms with Crippen LogP contribution in [-0.4, -0.2) is 58.5 Å². The number of aliphatic hydroxyl groups is 1. The third-order valence-electron chi connectivity index (χ3n) is 5.21. The van der Waals surface area contributed by atoms with Crippen LogP contribution >= 0.6 is 0 Å². The van der Waals surface area contributed by atoms with Crippen LogP contribution in [-0.2, 0) is 16.0 Å². The van der Waals surface area contributed by atoms with Crippen molar-refractivity contribution in [2.24, 2.45) is 0 Å². The van der Waals surface area contributed by atoms with E-state index in [-0.39, 0.29) is 24.1 Å². The number of rotatable bonds is 3. The fourth-order valence-corrected chi connectivity index (χ4v) is 3.77. The lowest BCUT2D eigenvalue weighted by Gasteiger charge is -2.29. The molecule has 2 aliphatic rings. The number of halogens is 1. The highest BCUT2D eigenvalue weighted by Crippen LogP contribution is 2.31. The zero-order chi connectivity index (χ0) is 17.9. The maximum absolute atomic E-state index is 13.3. The molecule has 3 rings (SSSR count). The van der Waals surface area contributed by atoms with Gasteiger partial charge in [0.1, 0.15) is 11.4 Å². The molecule has 1 aromatic rings. The van der Waals surface area contributed by atoms with E-state index < -0.39 is 5.60 Å². The number of carbonyl (C=O) groups excluding carboxylic acids is 2. The van der Waals surface area contributed by atoms with Crippen molar-refractivity contribution in [2.45, 2.75) is 44.1 Å². The highest BCUT2D eigenvalue weighted by atomic mass is 19.1. The molecule has 0 radical (unpaired) electrons. The summed E-state index contributed by atoms with van der Waals surface area (Å²) in [7, 11) is 0. The van der Waals surface area contributed by atoms with Gasteiger partial charge in [0, 0.05) is 26.2 Å². The first kappa shape index (κ1) is 17.9. The Hall–Kier alpha value is -1.95. The second-order valence-corrected chi connectivity index (χ2v) is 7.07. The van der Waals surface area contributed by atoms with E-state index in [0.717, 1.165) is 12.8 Å². The number of hydrogen-bond acceptors (Lipinski definition) is 3. The predicted molar refractivity (Wildman–Crippen MR) is 91.3 cm³/mol. The van der Waals surface area contributed by atoms with E-state index in [2.05, 4.69) is 0 Å². The molecular formula is C19H25FN2O3. The molecule has 1 saturated carbocycles. The minimum Gasteiger partial charge on any atom is -0.380 e. The Balaban J connectivity index is 1.57. The van der Waals surface area contributed by atoms with Crippen molar-refractivity contribution in [1.29, 1.82) is 0 Å². The zero-order valence-corrected chi connectivity index (χ0v) is 14.4. The molecule has 1 N–H and O–H groups in total. The molecule has 0 aromatic heterocycles. The summed E-state index contributed by atoms with van der Waals surface area (Å²) < 4.78 is 13.3. The van der Waals surface area contributed by atoms with Gasteiger partial charge in [-0.3, -0.25) is 9.59 Å². The van der Waals surface area contributed by atoms with E-state index >= 15 is 0 Å². The molecule has 0 spiro atoms. The molecule has 6 heteroatoms. The van der Waals surface area contributed by atoms with Gasteiger partial charge in [0.05, 0.1) is 6.42 Å². The first-order valence-corrected chi connectivity index (χ1v) is 9.02. The third kappa shape index (κ3) is 4.18. The summed E-state index contributed by atoms with van der Waals surface area (Å²) in [6, 6.07) is 6.08. The van der Waals surface area contributed by atoms with Crippen LogP contribution in [0.2, 0.25) is 0 Å². The summed E-state index contributed by atoms with van der Waals surface area (Å²) in [4.78, 5) is 28.5. The van der Waals surface area contributed by atoms with Crippen LogP contribution in [0.15, 0.2) is 24.3 Å². The number of carbonyl (C=O) groups is 2. The minimum absolute atomic E-state index is 0.0560. The fraction of sp³-hybridized carbons (Fsp3) is 0.579. The van der Waals surface area contributed by atoms with Gasteiger partial charge in [0.25, 0.3) is 5.91 Å². The van der Waals surface area contributed by atoms with Gasteiger partial charge in [0.2, 0.25) is 5.91 Å². The molecule has 2 amide bonds. The second-order valence-electron chi connectivity index (χ2n) is 7.07. The molecule has 0 unspecified atom stereocenters. The second kappa shape index (κ2) is 7.52. The molecule has 136 valence electrons. The molecule has 2 fully saturated rings. The smallest absolute Gasteiger partial charge is 0.254 e. The van der Waals surface area contributed by atoms with Crippen molar-refractivity contribution in [3.05, 3.63) is 35.6 Å². The van der Waals surface area contributed by atoms with E-state index in [0.29, 0.717) is 51.0 Å². The van der Waals surface area contributed by atoms with E-state index in [4.69, 9.17) is 0 Å². The Morgan fingerprint density at radius 3 is 2.44 bits per heavy atom. The topological polar surface area (TPSA) is 60.9 Å². The standard InChI is InChI=1S/C19H25FN2O3/c20-16-6-3-5-15(13-16)14-17(23)21-9-4-10-22(12-11-21)18(24)19(25)7-1-2-8-19/h3,5-6,13,25H,1-2,4,7-12,14H2. The van der Waals surface area contributed by atoms with Crippen molar-refractivity contribution in [3.63, 3.8) is 0 Å². The van der Waals surface area contributed by atoms with Crippen LogP contribution in [0.25, 0.3) is 0 Å². The largest absolute Gasteiger partial charge is 0.380 e. The summed E-state index contributed by atoms with van der Waals surface area (Å²) in [5, 5.41) is 10.5. The molecule has 1 aliphatic heterocycles. The quantitative estimate of drug-likeness (QED) is 0.905. The maximum Gasteiger partial charge on any atom is 0.254 e. The Morgan fingerprint density at radius 1 is 1.04 bits per heavy atom. The average molecular weight is 348 g/mol. The molecule has 1 heterocycles. The molecule has 25 heavy (non-hydrogen) atoms. The van der Waals surface area contributed by atoms with Crippen LogP contribution < -0.4 is 0 Å². The van der Waals surface area contributed by atoms with Gasteiger partial charge >= 0.3 is 0 Å². The first-order valence-electron chi connectivity index (χ1n) is 9.02. The molecular weight excluding hydrogens is 323 g/mol. The van der Waals surface area contributed by atoms with Crippen molar-refractivity contribution in [1.82, 2.24) is 9.80 Å². The minimum atomic E-state index is -1.21. The Labute approximate surface area is 147 Å². The van der Waals surface area contributed by atoms with E-state index in [1.165, 1.54) is 12.1 Å². The molecule has 0 atom stereocenters.